The summed E-state index contributed by atoms with van der Waals surface area (Å²) in [5.74, 6) is -0.384. The second-order valence-corrected chi connectivity index (χ2v) is 8.36. The maximum atomic E-state index is 13.1. The second-order valence-electron chi connectivity index (χ2n) is 6.45. The third-order valence-electron chi connectivity index (χ3n) is 5.00. The van der Waals surface area contributed by atoms with Crippen molar-refractivity contribution < 1.29 is 22.7 Å². The summed E-state index contributed by atoms with van der Waals surface area (Å²) < 4.78 is 37.6. The topological polar surface area (TPSA) is 88.2 Å². The number of piperazine rings is 1. The molecule has 1 aromatic carbocycles. The third-order valence-corrected chi connectivity index (χ3v) is 6.90. The van der Waals surface area contributed by atoms with Crippen molar-refractivity contribution in [2.24, 2.45) is 0 Å². The lowest BCUT2D eigenvalue weighted by atomic mass is 10.2. The number of benzene rings is 1. The molecule has 0 aliphatic carbocycles. The maximum absolute atomic E-state index is 13.1. The lowest BCUT2D eigenvalue weighted by molar-refractivity contribution is 0.0600. The number of nitrogens with one attached hydrogen (secondary N) is 1. The van der Waals surface area contributed by atoms with Gasteiger partial charge in [-0.3, -0.25) is 4.90 Å². The number of rotatable bonds is 5. The minimum atomic E-state index is -3.69. The Morgan fingerprint density at radius 1 is 1.19 bits per heavy atom. The summed E-state index contributed by atoms with van der Waals surface area (Å²) in [5, 5.41) is 3.31. The van der Waals surface area contributed by atoms with Crippen LogP contribution in [0, 0.1) is 0 Å². The summed E-state index contributed by atoms with van der Waals surface area (Å²) in [4.78, 5) is 14.1. The molecule has 0 bridgehead atoms. The molecule has 9 heteroatoms. The number of hydrogen-bond donors (Lipinski definition) is 1. The van der Waals surface area contributed by atoms with E-state index >= 15 is 0 Å². The molecule has 1 unspecified atom stereocenters. The van der Waals surface area contributed by atoms with Crippen LogP contribution in [0.1, 0.15) is 16.8 Å². The van der Waals surface area contributed by atoms with Gasteiger partial charge >= 0.3 is 5.97 Å². The summed E-state index contributed by atoms with van der Waals surface area (Å²) in [5.41, 5.74) is 0.253. The lowest BCUT2D eigenvalue weighted by Gasteiger charge is -2.32. The van der Waals surface area contributed by atoms with Crippen molar-refractivity contribution in [3.8, 4) is 5.75 Å². The predicted octanol–water partition coefficient (Wildman–Crippen LogP) is 0.150. The van der Waals surface area contributed by atoms with Gasteiger partial charge in [0.25, 0.3) is 0 Å². The van der Waals surface area contributed by atoms with Crippen LogP contribution in [-0.2, 0) is 14.8 Å². The molecule has 3 rings (SSSR count). The summed E-state index contributed by atoms with van der Waals surface area (Å²) in [6, 6.07) is 4.51. The molecule has 1 aromatic rings. The van der Waals surface area contributed by atoms with Crippen molar-refractivity contribution in [1.82, 2.24) is 14.5 Å². The molecule has 2 fully saturated rings. The second kappa shape index (κ2) is 7.91. The zero-order valence-electron chi connectivity index (χ0n) is 15.1. The fourth-order valence-electron chi connectivity index (χ4n) is 3.54. The Hall–Kier alpha value is -1.68. The van der Waals surface area contributed by atoms with Crippen LogP contribution < -0.4 is 10.1 Å². The molecule has 8 nitrogen and oxygen atoms in total. The van der Waals surface area contributed by atoms with Gasteiger partial charge in [-0.2, -0.15) is 4.31 Å². The molecule has 1 atom stereocenters. The molecule has 2 aliphatic heterocycles. The number of ether oxygens (including phenoxy) is 2. The highest BCUT2D eigenvalue weighted by atomic mass is 32.2. The number of carbonyl (C=O) groups excluding carboxylic acids is 1. The Bertz CT molecular complexity index is 762. The van der Waals surface area contributed by atoms with E-state index in [1.54, 1.807) is 0 Å². The summed E-state index contributed by atoms with van der Waals surface area (Å²) in [6.07, 6.45) is 0.821. The molecular formula is C17H25N3O5S. The molecule has 1 N–H and O–H groups in total. The van der Waals surface area contributed by atoms with Gasteiger partial charge in [-0.1, -0.05) is 0 Å². The van der Waals surface area contributed by atoms with E-state index in [-0.39, 0.29) is 22.3 Å². The molecule has 2 heterocycles. The molecule has 0 spiro atoms. The highest BCUT2D eigenvalue weighted by Crippen LogP contribution is 2.31. The van der Waals surface area contributed by atoms with Gasteiger partial charge in [0.1, 0.15) is 10.6 Å². The molecule has 0 amide bonds. The van der Waals surface area contributed by atoms with Crippen LogP contribution in [0.3, 0.4) is 0 Å². The zero-order chi connectivity index (χ0) is 18.7. The van der Waals surface area contributed by atoms with Gasteiger partial charge in [0, 0.05) is 45.3 Å². The molecular weight excluding hydrogens is 358 g/mol. The van der Waals surface area contributed by atoms with Gasteiger partial charge in [0.15, 0.2) is 0 Å². The van der Waals surface area contributed by atoms with E-state index < -0.39 is 16.0 Å². The third kappa shape index (κ3) is 3.71. The van der Waals surface area contributed by atoms with E-state index in [2.05, 4.69) is 15.0 Å². The van der Waals surface area contributed by atoms with E-state index in [1.165, 1.54) is 36.7 Å². The predicted molar refractivity (Wildman–Crippen MR) is 95.9 cm³/mol. The van der Waals surface area contributed by atoms with Crippen LogP contribution in [0.4, 0.5) is 0 Å². The highest BCUT2D eigenvalue weighted by Gasteiger charge is 2.37. The highest BCUT2D eigenvalue weighted by molar-refractivity contribution is 7.89. The van der Waals surface area contributed by atoms with Crippen molar-refractivity contribution in [2.75, 3.05) is 53.5 Å². The van der Waals surface area contributed by atoms with Crippen molar-refractivity contribution >= 4 is 16.0 Å². The van der Waals surface area contributed by atoms with Crippen LogP contribution in [0.2, 0.25) is 0 Å². The van der Waals surface area contributed by atoms with Gasteiger partial charge in [0.05, 0.1) is 19.8 Å². The SMILES string of the molecule is COC(=O)c1ccc(S(=O)(=O)N2CCC(N3CCNCC3)C2)c(OC)c1. The van der Waals surface area contributed by atoms with Crippen molar-refractivity contribution in [3.05, 3.63) is 23.8 Å². The minimum absolute atomic E-state index is 0.0774. The zero-order valence-corrected chi connectivity index (χ0v) is 15.9. The van der Waals surface area contributed by atoms with E-state index in [4.69, 9.17) is 4.74 Å². The molecule has 26 heavy (non-hydrogen) atoms. The largest absolute Gasteiger partial charge is 0.495 e. The van der Waals surface area contributed by atoms with E-state index in [0.717, 1.165) is 32.6 Å². The van der Waals surface area contributed by atoms with Gasteiger partial charge < -0.3 is 14.8 Å². The van der Waals surface area contributed by atoms with Crippen LogP contribution >= 0.6 is 0 Å². The Morgan fingerprint density at radius 3 is 2.58 bits per heavy atom. The fourth-order valence-corrected chi connectivity index (χ4v) is 5.17. The van der Waals surface area contributed by atoms with Crippen molar-refractivity contribution in [1.29, 1.82) is 0 Å². The first-order chi connectivity index (χ1) is 12.5. The number of hydrogen-bond acceptors (Lipinski definition) is 7. The Balaban J connectivity index is 1.80. The monoisotopic (exact) mass is 383 g/mol. The average molecular weight is 383 g/mol. The molecule has 2 aliphatic rings. The standard InChI is InChI=1S/C17H25N3O5S/c1-24-15-11-13(17(21)25-2)3-4-16(15)26(22,23)20-8-5-14(12-20)19-9-6-18-7-10-19/h3-4,11,14,18H,5-10,12H2,1-2H3. The van der Waals surface area contributed by atoms with Gasteiger partial charge in [0.2, 0.25) is 10.0 Å². The molecule has 144 valence electrons. The molecule has 0 radical (unpaired) electrons. The first-order valence-corrected chi connectivity index (χ1v) is 10.1. The van der Waals surface area contributed by atoms with Crippen LogP contribution in [-0.4, -0.2) is 83.1 Å². The Morgan fingerprint density at radius 2 is 1.92 bits per heavy atom. The number of sulfonamides is 1. The lowest BCUT2D eigenvalue weighted by Crippen LogP contribution is -2.49. The molecule has 0 saturated carbocycles. The molecule has 2 saturated heterocycles. The van der Waals surface area contributed by atoms with Gasteiger partial charge in [-0.15, -0.1) is 0 Å². The van der Waals surface area contributed by atoms with Crippen molar-refractivity contribution in [3.63, 3.8) is 0 Å². The molecule has 0 aromatic heterocycles. The average Bonchev–Trinajstić information content (AvgIpc) is 3.18. The van der Waals surface area contributed by atoms with E-state index in [1.807, 2.05) is 0 Å². The first kappa shape index (κ1) is 19.1. The number of methoxy groups -OCH3 is 2. The number of carbonyl (C=O) groups is 1. The normalized spacial score (nSPS) is 22.3. The number of nitrogens with zero attached hydrogens (tertiary/aromatic N) is 2. The van der Waals surface area contributed by atoms with Gasteiger partial charge in [-0.05, 0) is 24.6 Å². The smallest absolute Gasteiger partial charge is 0.337 e. The van der Waals surface area contributed by atoms with E-state index in [9.17, 15) is 13.2 Å². The first-order valence-electron chi connectivity index (χ1n) is 8.68. The van der Waals surface area contributed by atoms with Crippen LogP contribution in [0.15, 0.2) is 23.1 Å². The summed E-state index contributed by atoms with van der Waals surface area (Å²) >= 11 is 0. The van der Waals surface area contributed by atoms with Crippen LogP contribution in [0.25, 0.3) is 0 Å². The summed E-state index contributed by atoms with van der Waals surface area (Å²) in [6.45, 7) is 4.71. The minimum Gasteiger partial charge on any atom is -0.495 e. The van der Waals surface area contributed by atoms with Crippen molar-refractivity contribution in [2.45, 2.75) is 17.4 Å². The van der Waals surface area contributed by atoms with Crippen LogP contribution in [0.5, 0.6) is 5.75 Å². The van der Waals surface area contributed by atoms with E-state index in [0.29, 0.717) is 13.1 Å². The fraction of sp³-hybridized carbons (Fsp3) is 0.588. The maximum Gasteiger partial charge on any atom is 0.337 e. The number of esters is 1. The summed E-state index contributed by atoms with van der Waals surface area (Å²) in [7, 11) is -1.02. The quantitative estimate of drug-likeness (QED) is 0.724. The Labute approximate surface area is 154 Å². The Kier molecular flexibility index (Phi) is 5.81. The van der Waals surface area contributed by atoms with Gasteiger partial charge in [-0.25, -0.2) is 13.2 Å².